The molecule has 0 radical (unpaired) electrons. The van der Waals surface area contributed by atoms with E-state index in [4.69, 9.17) is 0 Å². The highest BCUT2D eigenvalue weighted by molar-refractivity contribution is 4.94. The molecule has 2 aliphatic rings. The molecule has 0 aromatic heterocycles. The molecule has 1 saturated carbocycles. The van der Waals surface area contributed by atoms with Crippen molar-refractivity contribution in [3.8, 4) is 0 Å². The molecule has 0 bridgehead atoms. The van der Waals surface area contributed by atoms with Crippen LogP contribution in [0.25, 0.3) is 0 Å². The molecular weight excluding hydrogens is 122 g/mol. The van der Waals surface area contributed by atoms with Crippen LogP contribution in [-0.4, -0.2) is 31.7 Å². The summed E-state index contributed by atoms with van der Waals surface area (Å²) in [5.74, 6) is 0. The molecule has 1 aliphatic heterocycles. The van der Waals surface area contributed by atoms with Crippen molar-refractivity contribution >= 4 is 0 Å². The fourth-order valence-electron chi connectivity index (χ4n) is 1.99. The van der Waals surface area contributed by atoms with Crippen molar-refractivity contribution in [3.63, 3.8) is 0 Å². The average molecular weight is 140 g/mol. The first kappa shape index (κ1) is 6.66. The van der Waals surface area contributed by atoms with Gasteiger partial charge in [0.25, 0.3) is 0 Å². The quantitative estimate of drug-likeness (QED) is 0.449. The maximum Gasteiger partial charge on any atom is 0.0787 e. The summed E-state index contributed by atoms with van der Waals surface area (Å²) in [4.78, 5) is 0. The minimum absolute atomic E-state index is 0.869. The lowest BCUT2D eigenvalue weighted by Gasteiger charge is -2.37. The van der Waals surface area contributed by atoms with E-state index in [2.05, 4.69) is 14.1 Å². The first-order valence-electron chi connectivity index (χ1n) is 4.44. The first-order valence-corrected chi connectivity index (χ1v) is 4.44. The number of quaternary nitrogens is 1. The van der Waals surface area contributed by atoms with Crippen LogP contribution >= 0.6 is 0 Å². The van der Waals surface area contributed by atoms with Crippen LogP contribution in [0.1, 0.15) is 25.7 Å². The van der Waals surface area contributed by atoms with Crippen molar-refractivity contribution in [1.29, 1.82) is 0 Å². The van der Waals surface area contributed by atoms with Gasteiger partial charge in [-0.3, -0.25) is 0 Å². The molecule has 0 N–H and O–H groups in total. The Bertz CT molecular complexity index is 127. The van der Waals surface area contributed by atoms with E-state index in [1.54, 1.807) is 0 Å². The summed E-state index contributed by atoms with van der Waals surface area (Å²) in [7, 11) is 4.71. The summed E-state index contributed by atoms with van der Waals surface area (Å²) in [5, 5.41) is 0. The van der Waals surface area contributed by atoms with Crippen molar-refractivity contribution in [2.45, 2.75) is 25.7 Å². The van der Waals surface area contributed by atoms with Crippen LogP contribution in [0.4, 0.5) is 0 Å². The number of likely N-dealkylation sites (tertiary alicyclic amines) is 1. The van der Waals surface area contributed by atoms with Crippen LogP contribution in [0, 0.1) is 5.41 Å². The van der Waals surface area contributed by atoms with Crippen LogP contribution in [-0.2, 0) is 0 Å². The summed E-state index contributed by atoms with van der Waals surface area (Å²) in [6, 6.07) is 0. The fourth-order valence-corrected chi connectivity index (χ4v) is 1.99. The zero-order valence-electron chi connectivity index (χ0n) is 7.19. The van der Waals surface area contributed by atoms with Gasteiger partial charge in [0.1, 0.15) is 0 Å². The molecule has 0 atom stereocenters. The van der Waals surface area contributed by atoms with Gasteiger partial charge in [-0.15, -0.1) is 0 Å². The Morgan fingerprint density at radius 1 is 0.900 bits per heavy atom. The van der Waals surface area contributed by atoms with E-state index < -0.39 is 0 Å². The Hall–Kier alpha value is -0.0400. The van der Waals surface area contributed by atoms with Gasteiger partial charge in [-0.1, -0.05) is 0 Å². The minimum atomic E-state index is 0.869. The van der Waals surface area contributed by atoms with Gasteiger partial charge in [0, 0.05) is 12.8 Å². The Balaban J connectivity index is 1.95. The zero-order valence-corrected chi connectivity index (χ0v) is 7.19. The molecule has 1 spiro atoms. The highest BCUT2D eigenvalue weighted by Crippen LogP contribution is 2.54. The second-order valence-electron chi connectivity index (χ2n) is 4.88. The summed E-state index contributed by atoms with van der Waals surface area (Å²) >= 11 is 0. The third kappa shape index (κ3) is 1.07. The van der Waals surface area contributed by atoms with Crippen LogP contribution < -0.4 is 0 Å². The maximum atomic E-state index is 2.36. The Labute approximate surface area is 63.6 Å². The molecule has 0 aromatic rings. The molecule has 2 fully saturated rings. The monoisotopic (exact) mass is 140 g/mol. The predicted octanol–water partition coefficient (Wildman–Crippen LogP) is 1.64. The molecule has 0 unspecified atom stereocenters. The average Bonchev–Trinajstić information content (AvgIpc) is 2.60. The largest absolute Gasteiger partial charge is 0.328 e. The van der Waals surface area contributed by atoms with E-state index in [-0.39, 0.29) is 0 Å². The Kier molecular flexibility index (Phi) is 1.17. The van der Waals surface area contributed by atoms with Gasteiger partial charge < -0.3 is 4.48 Å². The van der Waals surface area contributed by atoms with E-state index in [1.165, 1.54) is 43.3 Å². The SMILES string of the molecule is C[N+]1(C)CCC2(CC2)CC1. The van der Waals surface area contributed by atoms with Gasteiger partial charge in [-0.25, -0.2) is 0 Å². The normalized spacial score (nSPS) is 34.2. The lowest BCUT2D eigenvalue weighted by Crippen LogP contribution is -2.46. The second kappa shape index (κ2) is 1.76. The number of nitrogens with zero attached hydrogens (tertiary/aromatic N) is 1. The van der Waals surface area contributed by atoms with E-state index in [0.29, 0.717) is 0 Å². The number of hydrogen-bond donors (Lipinski definition) is 0. The van der Waals surface area contributed by atoms with Gasteiger partial charge in [0.2, 0.25) is 0 Å². The van der Waals surface area contributed by atoms with Gasteiger partial charge in [0.05, 0.1) is 27.2 Å². The Morgan fingerprint density at radius 3 is 1.80 bits per heavy atom. The predicted molar refractivity (Wildman–Crippen MR) is 42.7 cm³/mol. The first-order chi connectivity index (χ1) is 4.62. The van der Waals surface area contributed by atoms with E-state index in [9.17, 15) is 0 Å². The summed E-state index contributed by atoms with van der Waals surface area (Å²) in [6.07, 6.45) is 6.07. The van der Waals surface area contributed by atoms with Gasteiger partial charge in [0.15, 0.2) is 0 Å². The lowest BCUT2D eigenvalue weighted by atomic mass is 9.93. The van der Waals surface area contributed by atoms with Crippen molar-refractivity contribution in [1.82, 2.24) is 0 Å². The molecule has 1 heterocycles. The summed E-state index contributed by atoms with van der Waals surface area (Å²) < 4.78 is 1.27. The van der Waals surface area contributed by atoms with Gasteiger partial charge >= 0.3 is 0 Å². The van der Waals surface area contributed by atoms with Crippen molar-refractivity contribution in [2.24, 2.45) is 5.41 Å². The Morgan fingerprint density at radius 2 is 1.40 bits per heavy atom. The molecule has 1 heteroatoms. The summed E-state index contributed by atoms with van der Waals surface area (Å²) in [5.41, 5.74) is 0.869. The van der Waals surface area contributed by atoms with Crippen LogP contribution in [0.15, 0.2) is 0 Å². The van der Waals surface area contributed by atoms with Gasteiger partial charge in [-0.2, -0.15) is 0 Å². The standard InChI is InChI=1S/C9H18N/c1-10(2)7-5-9(3-4-9)6-8-10/h3-8H2,1-2H3/q+1. The lowest BCUT2D eigenvalue weighted by molar-refractivity contribution is -0.896. The smallest absolute Gasteiger partial charge is 0.0787 e. The van der Waals surface area contributed by atoms with Crippen LogP contribution in [0.2, 0.25) is 0 Å². The van der Waals surface area contributed by atoms with Gasteiger partial charge in [-0.05, 0) is 18.3 Å². The number of piperidine rings is 1. The molecule has 58 valence electrons. The second-order valence-corrected chi connectivity index (χ2v) is 4.88. The molecule has 1 saturated heterocycles. The summed E-state index contributed by atoms with van der Waals surface area (Å²) in [6.45, 7) is 2.83. The van der Waals surface area contributed by atoms with Crippen LogP contribution in [0.3, 0.4) is 0 Å². The molecule has 0 amide bonds. The number of rotatable bonds is 0. The zero-order chi connectivity index (χ0) is 7.24. The van der Waals surface area contributed by atoms with Crippen molar-refractivity contribution < 1.29 is 4.48 Å². The molecular formula is C9H18N+. The highest BCUT2D eigenvalue weighted by Gasteiger charge is 2.47. The molecule has 0 aromatic carbocycles. The topological polar surface area (TPSA) is 0 Å². The molecule has 1 nitrogen and oxygen atoms in total. The van der Waals surface area contributed by atoms with Crippen molar-refractivity contribution in [3.05, 3.63) is 0 Å². The third-order valence-corrected chi connectivity index (χ3v) is 3.45. The van der Waals surface area contributed by atoms with Crippen molar-refractivity contribution in [2.75, 3.05) is 27.2 Å². The van der Waals surface area contributed by atoms with E-state index >= 15 is 0 Å². The highest BCUT2D eigenvalue weighted by atomic mass is 15.3. The molecule has 2 rings (SSSR count). The van der Waals surface area contributed by atoms with Crippen LogP contribution in [0.5, 0.6) is 0 Å². The van der Waals surface area contributed by atoms with E-state index in [1.807, 2.05) is 0 Å². The van der Waals surface area contributed by atoms with E-state index in [0.717, 1.165) is 5.41 Å². The molecule has 10 heavy (non-hydrogen) atoms. The fraction of sp³-hybridized carbons (Fsp3) is 1.00. The molecule has 1 aliphatic carbocycles. The third-order valence-electron chi connectivity index (χ3n) is 3.45. The number of hydrogen-bond acceptors (Lipinski definition) is 0. The maximum absolute atomic E-state index is 2.36. The minimum Gasteiger partial charge on any atom is -0.328 e.